The average molecular weight is 353 g/mol. The standard InChI is InChI=1S/C17H13BrN4/c1-21-8-7-16(20-21)12-5-6-17-13(9-12)11-19-22(17)15-4-2-3-14(18)10-15/h2-11H,1H3. The summed E-state index contributed by atoms with van der Waals surface area (Å²) < 4.78 is 4.80. The fourth-order valence-electron chi connectivity index (χ4n) is 2.57. The van der Waals surface area contributed by atoms with E-state index in [1.165, 1.54) is 0 Å². The van der Waals surface area contributed by atoms with Crippen molar-refractivity contribution in [3.05, 3.63) is 65.4 Å². The molecule has 4 rings (SSSR count). The van der Waals surface area contributed by atoms with Crippen LogP contribution in [0, 0.1) is 0 Å². The van der Waals surface area contributed by atoms with E-state index in [0.717, 1.165) is 32.3 Å². The Morgan fingerprint density at radius 3 is 2.73 bits per heavy atom. The van der Waals surface area contributed by atoms with Gasteiger partial charge in [-0.2, -0.15) is 10.2 Å². The molecule has 0 saturated heterocycles. The molecular formula is C17H13BrN4. The highest BCUT2D eigenvalue weighted by molar-refractivity contribution is 9.10. The third-order valence-electron chi connectivity index (χ3n) is 3.63. The molecule has 0 aliphatic rings. The molecule has 4 aromatic rings. The van der Waals surface area contributed by atoms with Crippen LogP contribution in [0.25, 0.3) is 27.8 Å². The summed E-state index contributed by atoms with van der Waals surface area (Å²) in [5, 5.41) is 10.1. The quantitative estimate of drug-likeness (QED) is 0.542. The first-order valence-electron chi connectivity index (χ1n) is 6.94. The van der Waals surface area contributed by atoms with Crippen LogP contribution in [0.5, 0.6) is 0 Å². The minimum Gasteiger partial charge on any atom is -0.275 e. The fraction of sp³-hybridized carbons (Fsp3) is 0.0588. The smallest absolute Gasteiger partial charge is 0.0923 e. The number of hydrogen-bond donors (Lipinski definition) is 0. The molecule has 0 aliphatic carbocycles. The molecule has 0 radical (unpaired) electrons. The zero-order valence-electron chi connectivity index (χ0n) is 11.9. The number of hydrogen-bond acceptors (Lipinski definition) is 2. The lowest BCUT2D eigenvalue weighted by atomic mass is 10.1. The van der Waals surface area contributed by atoms with Gasteiger partial charge in [0.15, 0.2) is 0 Å². The Bertz CT molecular complexity index is 968. The van der Waals surface area contributed by atoms with E-state index in [0.29, 0.717) is 0 Å². The van der Waals surface area contributed by atoms with E-state index in [4.69, 9.17) is 0 Å². The van der Waals surface area contributed by atoms with E-state index >= 15 is 0 Å². The molecule has 2 aromatic heterocycles. The Hall–Kier alpha value is -2.40. The van der Waals surface area contributed by atoms with Crippen LogP contribution in [0.4, 0.5) is 0 Å². The summed E-state index contributed by atoms with van der Waals surface area (Å²) in [6, 6.07) is 16.4. The van der Waals surface area contributed by atoms with E-state index in [2.05, 4.69) is 50.4 Å². The van der Waals surface area contributed by atoms with Crippen molar-refractivity contribution in [2.24, 2.45) is 7.05 Å². The summed E-state index contributed by atoms with van der Waals surface area (Å²) in [4.78, 5) is 0. The molecule has 0 fully saturated rings. The molecule has 0 spiro atoms. The third kappa shape index (κ3) is 2.23. The van der Waals surface area contributed by atoms with Crippen LogP contribution in [0.15, 0.2) is 65.4 Å². The minimum atomic E-state index is 0.972. The highest BCUT2D eigenvalue weighted by Gasteiger charge is 2.08. The summed E-state index contributed by atoms with van der Waals surface area (Å²) in [5.74, 6) is 0. The van der Waals surface area contributed by atoms with Gasteiger partial charge < -0.3 is 0 Å². The summed E-state index contributed by atoms with van der Waals surface area (Å²) in [7, 11) is 1.92. The lowest BCUT2D eigenvalue weighted by molar-refractivity contribution is 0.771. The molecule has 0 atom stereocenters. The molecule has 0 saturated carbocycles. The van der Waals surface area contributed by atoms with Crippen molar-refractivity contribution in [1.82, 2.24) is 19.6 Å². The summed E-state index contributed by atoms with van der Waals surface area (Å²) in [6.45, 7) is 0. The molecule has 5 heteroatoms. The molecule has 0 aliphatic heterocycles. The van der Waals surface area contributed by atoms with Crippen LogP contribution < -0.4 is 0 Å². The minimum absolute atomic E-state index is 0.972. The highest BCUT2D eigenvalue weighted by atomic mass is 79.9. The zero-order chi connectivity index (χ0) is 15.1. The Balaban J connectivity index is 1.84. The maximum atomic E-state index is 4.52. The monoisotopic (exact) mass is 352 g/mol. The number of rotatable bonds is 2. The average Bonchev–Trinajstić information content (AvgIpc) is 3.12. The molecule has 0 unspecified atom stereocenters. The normalized spacial score (nSPS) is 11.2. The first-order valence-corrected chi connectivity index (χ1v) is 7.74. The summed E-state index contributed by atoms with van der Waals surface area (Å²) in [5.41, 5.74) is 4.19. The Morgan fingerprint density at radius 1 is 1.05 bits per heavy atom. The van der Waals surface area contributed by atoms with Gasteiger partial charge in [-0.15, -0.1) is 0 Å². The van der Waals surface area contributed by atoms with Crippen molar-refractivity contribution in [3.8, 4) is 16.9 Å². The van der Waals surface area contributed by atoms with Crippen molar-refractivity contribution in [2.75, 3.05) is 0 Å². The van der Waals surface area contributed by atoms with Crippen molar-refractivity contribution in [1.29, 1.82) is 0 Å². The molecule has 4 nitrogen and oxygen atoms in total. The number of fused-ring (bicyclic) bond motifs is 1. The predicted octanol–water partition coefficient (Wildman–Crippen LogP) is 4.19. The highest BCUT2D eigenvalue weighted by Crippen LogP contribution is 2.25. The van der Waals surface area contributed by atoms with Gasteiger partial charge in [0.1, 0.15) is 0 Å². The third-order valence-corrected chi connectivity index (χ3v) is 4.12. The van der Waals surface area contributed by atoms with Gasteiger partial charge in [-0.3, -0.25) is 4.68 Å². The van der Waals surface area contributed by atoms with Crippen LogP contribution in [0.2, 0.25) is 0 Å². The van der Waals surface area contributed by atoms with Crippen LogP contribution in [0.3, 0.4) is 0 Å². The predicted molar refractivity (Wildman–Crippen MR) is 91.0 cm³/mol. The lowest BCUT2D eigenvalue weighted by Crippen LogP contribution is -1.95. The SMILES string of the molecule is Cn1ccc(-c2ccc3c(cnn3-c3cccc(Br)c3)c2)n1. The van der Waals surface area contributed by atoms with Crippen LogP contribution >= 0.6 is 15.9 Å². The van der Waals surface area contributed by atoms with Crippen LogP contribution in [0.1, 0.15) is 0 Å². The van der Waals surface area contributed by atoms with E-state index < -0.39 is 0 Å². The topological polar surface area (TPSA) is 35.6 Å². The van der Waals surface area contributed by atoms with Gasteiger partial charge in [0.05, 0.1) is 23.1 Å². The van der Waals surface area contributed by atoms with Crippen molar-refractivity contribution in [3.63, 3.8) is 0 Å². The number of nitrogens with zero attached hydrogens (tertiary/aromatic N) is 4. The Kier molecular flexibility index (Phi) is 3.08. The maximum absolute atomic E-state index is 4.52. The van der Waals surface area contributed by atoms with Gasteiger partial charge in [-0.25, -0.2) is 4.68 Å². The second-order valence-corrected chi connectivity index (χ2v) is 6.10. The number of benzene rings is 2. The molecule has 2 heterocycles. The fourth-order valence-corrected chi connectivity index (χ4v) is 2.96. The first kappa shape index (κ1) is 13.3. The lowest BCUT2D eigenvalue weighted by Gasteiger charge is -2.04. The van der Waals surface area contributed by atoms with E-state index in [1.54, 1.807) is 0 Å². The molecule has 0 amide bonds. The number of aromatic nitrogens is 4. The molecule has 0 bridgehead atoms. The van der Waals surface area contributed by atoms with Gasteiger partial charge in [0, 0.05) is 28.7 Å². The van der Waals surface area contributed by atoms with E-state index in [-0.39, 0.29) is 0 Å². The second kappa shape index (κ2) is 5.10. The van der Waals surface area contributed by atoms with Crippen LogP contribution in [-0.2, 0) is 7.05 Å². The van der Waals surface area contributed by atoms with Gasteiger partial charge in [0.25, 0.3) is 0 Å². The zero-order valence-corrected chi connectivity index (χ0v) is 13.5. The van der Waals surface area contributed by atoms with Crippen molar-refractivity contribution < 1.29 is 0 Å². The molecule has 2 aromatic carbocycles. The van der Waals surface area contributed by atoms with Gasteiger partial charge in [-0.1, -0.05) is 28.1 Å². The van der Waals surface area contributed by atoms with Crippen LogP contribution in [-0.4, -0.2) is 19.6 Å². The number of halogens is 1. The summed E-state index contributed by atoms with van der Waals surface area (Å²) in [6.07, 6.45) is 3.84. The van der Waals surface area contributed by atoms with Gasteiger partial charge >= 0.3 is 0 Å². The Labute approximate surface area is 136 Å². The Morgan fingerprint density at radius 2 is 1.95 bits per heavy atom. The molecule has 108 valence electrons. The maximum Gasteiger partial charge on any atom is 0.0923 e. The summed E-state index contributed by atoms with van der Waals surface area (Å²) >= 11 is 3.50. The largest absolute Gasteiger partial charge is 0.275 e. The molecule has 0 N–H and O–H groups in total. The molecular weight excluding hydrogens is 340 g/mol. The van der Waals surface area contributed by atoms with E-state index in [9.17, 15) is 0 Å². The molecule has 22 heavy (non-hydrogen) atoms. The van der Waals surface area contributed by atoms with Gasteiger partial charge in [-0.05, 0) is 36.4 Å². The van der Waals surface area contributed by atoms with Crippen molar-refractivity contribution in [2.45, 2.75) is 0 Å². The number of aryl methyl sites for hydroxylation is 1. The van der Waals surface area contributed by atoms with Gasteiger partial charge in [0.2, 0.25) is 0 Å². The second-order valence-electron chi connectivity index (χ2n) is 5.18. The van der Waals surface area contributed by atoms with E-state index in [1.807, 2.05) is 53.1 Å². The van der Waals surface area contributed by atoms with Crippen molar-refractivity contribution >= 4 is 26.8 Å². The first-order chi connectivity index (χ1) is 10.7.